The number of thiophene rings is 1. The van der Waals surface area contributed by atoms with E-state index >= 15 is 0 Å². The van der Waals surface area contributed by atoms with E-state index in [1.165, 1.54) is 29.0 Å². The summed E-state index contributed by atoms with van der Waals surface area (Å²) in [4.78, 5) is 1.40. The maximum atomic E-state index is 3.32. The molecule has 0 saturated carbocycles. The third-order valence-corrected chi connectivity index (χ3v) is 3.13. The van der Waals surface area contributed by atoms with E-state index in [4.69, 9.17) is 0 Å². The van der Waals surface area contributed by atoms with Crippen LogP contribution in [0.25, 0.3) is 5.70 Å². The SMILES string of the molecule is CCCc1ccsc1C1=CNCN1. The van der Waals surface area contributed by atoms with Crippen molar-refractivity contribution in [3.63, 3.8) is 0 Å². The van der Waals surface area contributed by atoms with Crippen LogP contribution in [0.4, 0.5) is 0 Å². The first-order valence-electron chi connectivity index (χ1n) is 4.66. The lowest BCUT2D eigenvalue weighted by Crippen LogP contribution is -2.13. The molecule has 0 aromatic carbocycles. The van der Waals surface area contributed by atoms with Crippen molar-refractivity contribution in [2.24, 2.45) is 0 Å². The van der Waals surface area contributed by atoms with E-state index < -0.39 is 0 Å². The Morgan fingerprint density at radius 1 is 1.54 bits per heavy atom. The molecule has 0 aliphatic carbocycles. The van der Waals surface area contributed by atoms with Crippen molar-refractivity contribution in [1.82, 2.24) is 10.6 Å². The normalized spacial score (nSPS) is 15.0. The molecule has 2 heterocycles. The molecule has 1 aliphatic heterocycles. The Labute approximate surface area is 82.7 Å². The predicted octanol–water partition coefficient (Wildman–Crippen LogP) is 2.15. The molecule has 13 heavy (non-hydrogen) atoms. The fraction of sp³-hybridized carbons (Fsp3) is 0.400. The van der Waals surface area contributed by atoms with Gasteiger partial charge in [0.2, 0.25) is 0 Å². The summed E-state index contributed by atoms with van der Waals surface area (Å²) < 4.78 is 0. The van der Waals surface area contributed by atoms with Crippen LogP contribution in [0.3, 0.4) is 0 Å². The van der Waals surface area contributed by atoms with Crippen molar-refractivity contribution in [2.45, 2.75) is 19.8 Å². The molecule has 0 radical (unpaired) electrons. The van der Waals surface area contributed by atoms with Crippen LogP contribution in [-0.2, 0) is 6.42 Å². The molecular weight excluding hydrogens is 180 g/mol. The molecule has 0 atom stereocenters. The number of aryl methyl sites for hydroxylation is 1. The third kappa shape index (κ3) is 1.70. The zero-order valence-corrected chi connectivity index (χ0v) is 8.58. The summed E-state index contributed by atoms with van der Waals surface area (Å²) in [7, 11) is 0. The summed E-state index contributed by atoms with van der Waals surface area (Å²) in [6, 6.07) is 2.23. The van der Waals surface area contributed by atoms with Crippen LogP contribution in [0.2, 0.25) is 0 Å². The maximum absolute atomic E-state index is 3.32. The molecule has 1 aliphatic rings. The Bertz CT molecular complexity index is 314. The highest BCUT2D eigenvalue weighted by atomic mass is 32.1. The highest BCUT2D eigenvalue weighted by Crippen LogP contribution is 2.25. The van der Waals surface area contributed by atoms with E-state index in [-0.39, 0.29) is 0 Å². The second-order valence-corrected chi connectivity index (χ2v) is 4.06. The van der Waals surface area contributed by atoms with E-state index in [1.807, 2.05) is 11.3 Å². The molecule has 0 spiro atoms. The predicted molar refractivity (Wildman–Crippen MR) is 57.4 cm³/mol. The molecule has 1 aromatic rings. The fourth-order valence-electron chi connectivity index (χ4n) is 1.53. The van der Waals surface area contributed by atoms with Gasteiger partial charge in [-0.3, -0.25) is 0 Å². The number of nitrogens with one attached hydrogen (secondary N) is 2. The molecule has 70 valence electrons. The minimum absolute atomic E-state index is 0.860. The van der Waals surface area contributed by atoms with Crippen molar-refractivity contribution in [1.29, 1.82) is 0 Å². The van der Waals surface area contributed by atoms with Crippen LogP contribution < -0.4 is 10.6 Å². The summed E-state index contributed by atoms with van der Waals surface area (Å²) in [6.07, 6.45) is 4.45. The number of rotatable bonds is 3. The standard InChI is InChI=1S/C10H14N2S/c1-2-3-8-4-5-13-10(8)9-6-11-7-12-9/h4-6,11-12H,2-3,7H2,1H3. The van der Waals surface area contributed by atoms with Crippen molar-refractivity contribution in [2.75, 3.05) is 6.67 Å². The van der Waals surface area contributed by atoms with Crippen molar-refractivity contribution >= 4 is 17.0 Å². The van der Waals surface area contributed by atoms with E-state index in [2.05, 4.69) is 35.2 Å². The topological polar surface area (TPSA) is 24.1 Å². The summed E-state index contributed by atoms with van der Waals surface area (Å²) in [6.45, 7) is 3.08. The first-order chi connectivity index (χ1) is 6.42. The average molecular weight is 194 g/mol. The summed E-state index contributed by atoms with van der Waals surface area (Å²) in [5, 5.41) is 8.65. The van der Waals surface area contributed by atoms with Crippen LogP contribution in [0.15, 0.2) is 17.6 Å². The van der Waals surface area contributed by atoms with Gasteiger partial charge in [-0.15, -0.1) is 11.3 Å². The Kier molecular flexibility index (Phi) is 2.54. The third-order valence-electron chi connectivity index (χ3n) is 2.14. The molecule has 0 amide bonds. The van der Waals surface area contributed by atoms with Gasteiger partial charge in [0.05, 0.1) is 17.2 Å². The van der Waals surface area contributed by atoms with Crippen LogP contribution in [0.5, 0.6) is 0 Å². The molecule has 0 saturated heterocycles. The van der Waals surface area contributed by atoms with E-state index in [9.17, 15) is 0 Å². The zero-order chi connectivity index (χ0) is 9.10. The molecule has 0 unspecified atom stereocenters. The van der Waals surface area contributed by atoms with Gasteiger partial charge in [0.15, 0.2) is 0 Å². The van der Waals surface area contributed by atoms with Crippen LogP contribution >= 0.6 is 11.3 Å². The van der Waals surface area contributed by atoms with Crippen LogP contribution in [0.1, 0.15) is 23.8 Å². The van der Waals surface area contributed by atoms with Crippen LogP contribution in [0, 0.1) is 0 Å². The Morgan fingerprint density at radius 3 is 3.15 bits per heavy atom. The Hall–Kier alpha value is -0.960. The van der Waals surface area contributed by atoms with E-state index in [1.54, 1.807) is 0 Å². The Balaban J connectivity index is 2.23. The van der Waals surface area contributed by atoms with Gasteiger partial charge < -0.3 is 10.6 Å². The van der Waals surface area contributed by atoms with Gasteiger partial charge in [-0.05, 0) is 23.4 Å². The lowest BCUT2D eigenvalue weighted by atomic mass is 10.1. The van der Waals surface area contributed by atoms with Gasteiger partial charge in [0.25, 0.3) is 0 Å². The van der Waals surface area contributed by atoms with Gasteiger partial charge in [-0.25, -0.2) is 0 Å². The smallest absolute Gasteiger partial charge is 0.0846 e. The lowest BCUT2D eigenvalue weighted by molar-refractivity contribution is 0.842. The summed E-state index contributed by atoms with van der Waals surface area (Å²) >= 11 is 1.82. The van der Waals surface area contributed by atoms with Gasteiger partial charge in [-0.2, -0.15) is 0 Å². The van der Waals surface area contributed by atoms with Crippen molar-refractivity contribution < 1.29 is 0 Å². The second kappa shape index (κ2) is 3.83. The fourth-order valence-corrected chi connectivity index (χ4v) is 2.48. The van der Waals surface area contributed by atoms with Crippen LogP contribution in [-0.4, -0.2) is 6.67 Å². The molecule has 1 aromatic heterocycles. The monoisotopic (exact) mass is 194 g/mol. The number of hydrogen-bond donors (Lipinski definition) is 2. The van der Waals surface area contributed by atoms with Gasteiger partial charge in [0, 0.05) is 6.20 Å². The summed E-state index contributed by atoms with van der Waals surface area (Å²) in [5.41, 5.74) is 2.72. The zero-order valence-electron chi connectivity index (χ0n) is 7.76. The van der Waals surface area contributed by atoms with Gasteiger partial charge in [-0.1, -0.05) is 13.3 Å². The molecule has 2 rings (SSSR count). The van der Waals surface area contributed by atoms with Gasteiger partial charge in [0.1, 0.15) is 0 Å². The highest BCUT2D eigenvalue weighted by molar-refractivity contribution is 7.11. The first kappa shape index (κ1) is 8.63. The molecule has 2 N–H and O–H groups in total. The molecular formula is C10H14N2S. The van der Waals surface area contributed by atoms with Gasteiger partial charge >= 0.3 is 0 Å². The largest absolute Gasteiger partial charge is 0.372 e. The molecule has 2 nitrogen and oxygen atoms in total. The second-order valence-electron chi connectivity index (χ2n) is 3.14. The minimum Gasteiger partial charge on any atom is -0.372 e. The minimum atomic E-state index is 0.860. The van der Waals surface area contributed by atoms with Crippen molar-refractivity contribution in [3.8, 4) is 0 Å². The highest BCUT2D eigenvalue weighted by Gasteiger charge is 2.10. The molecule has 0 bridgehead atoms. The van der Waals surface area contributed by atoms with Crippen molar-refractivity contribution in [3.05, 3.63) is 28.1 Å². The van der Waals surface area contributed by atoms with E-state index in [0.29, 0.717) is 0 Å². The summed E-state index contributed by atoms with van der Waals surface area (Å²) in [5.74, 6) is 0. The number of hydrogen-bond acceptors (Lipinski definition) is 3. The average Bonchev–Trinajstić information content (AvgIpc) is 2.71. The quantitative estimate of drug-likeness (QED) is 0.770. The maximum Gasteiger partial charge on any atom is 0.0846 e. The first-order valence-corrected chi connectivity index (χ1v) is 5.54. The molecule has 3 heteroatoms. The molecule has 0 fully saturated rings. The lowest BCUT2D eigenvalue weighted by Gasteiger charge is -2.03. The van der Waals surface area contributed by atoms with E-state index in [0.717, 1.165) is 6.67 Å². The Morgan fingerprint density at radius 2 is 2.46 bits per heavy atom.